The minimum atomic E-state index is 0.322. The van der Waals surface area contributed by atoms with E-state index in [4.69, 9.17) is 4.74 Å². The van der Waals surface area contributed by atoms with E-state index in [-0.39, 0.29) is 0 Å². The van der Waals surface area contributed by atoms with Gasteiger partial charge in [-0.1, -0.05) is 0 Å². The van der Waals surface area contributed by atoms with Gasteiger partial charge < -0.3 is 0 Å². The molecule has 2 rings (SSSR count). The van der Waals surface area contributed by atoms with Crippen molar-refractivity contribution in [1.82, 2.24) is 0 Å². The molecule has 1 aliphatic rings. The summed E-state index contributed by atoms with van der Waals surface area (Å²) >= 11 is 2.99. The summed E-state index contributed by atoms with van der Waals surface area (Å²) in [6.45, 7) is 0. The number of hydrogen-bond acceptors (Lipinski definition) is 2. The van der Waals surface area contributed by atoms with Crippen LogP contribution in [-0.2, 0) is 4.74 Å². The van der Waals surface area contributed by atoms with Crippen LogP contribution in [0.25, 0.3) is 0 Å². The molecule has 0 aliphatic heterocycles. The van der Waals surface area contributed by atoms with E-state index in [1.807, 2.05) is 30.3 Å². The molecule has 0 unspecified atom stereocenters. The summed E-state index contributed by atoms with van der Waals surface area (Å²) in [4.78, 5) is 5.21. The predicted octanol–water partition coefficient (Wildman–Crippen LogP) is 5.53. The average Bonchev–Trinajstić information content (AvgIpc) is 2.51. The van der Waals surface area contributed by atoms with Crippen molar-refractivity contribution in [2.45, 2.75) is 76.7 Å². The number of nitrogens with zero attached hydrogens (tertiary/aromatic N) is 1. The quantitative estimate of drug-likeness (QED) is 0.383. The first-order valence-electron chi connectivity index (χ1n) is 8.82. The van der Waals surface area contributed by atoms with Gasteiger partial charge in [-0.15, -0.1) is 0 Å². The summed E-state index contributed by atoms with van der Waals surface area (Å²) in [6, 6.07) is 10.0. The fourth-order valence-electron chi connectivity index (χ4n) is 3.02. The summed E-state index contributed by atoms with van der Waals surface area (Å²) in [5, 5.41) is 0. The second kappa shape index (κ2) is 10.9. The van der Waals surface area contributed by atoms with Crippen molar-refractivity contribution in [3.8, 4) is 0 Å². The normalized spacial score (nSPS) is 19.9. The van der Waals surface area contributed by atoms with Gasteiger partial charge in [-0.05, 0) is 0 Å². The molecule has 1 radical (unpaired) electrons. The first-order valence-corrected chi connectivity index (χ1v) is 9.67. The standard InChI is InChI=1S/C19H28NOSe/c22-19(20-17-13-9-8-10-14-17)21-18-15-11-6-4-2-1-3-5-7-12-16-18/h8-10,13-14,18H,1-7,11-12,15-16H2. The zero-order valence-corrected chi connectivity index (χ0v) is 15.2. The van der Waals surface area contributed by atoms with Gasteiger partial charge in [0.15, 0.2) is 0 Å². The first-order chi connectivity index (χ1) is 10.8. The van der Waals surface area contributed by atoms with E-state index in [0.717, 1.165) is 18.5 Å². The molecule has 0 heterocycles. The van der Waals surface area contributed by atoms with Crippen LogP contribution in [0.5, 0.6) is 0 Å². The molecule has 121 valence electrons. The Balaban J connectivity index is 1.85. The van der Waals surface area contributed by atoms with Crippen LogP contribution >= 0.6 is 0 Å². The van der Waals surface area contributed by atoms with Crippen molar-refractivity contribution in [3.05, 3.63) is 30.3 Å². The van der Waals surface area contributed by atoms with E-state index in [1.54, 1.807) is 0 Å². The maximum absolute atomic E-state index is 6.09. The van der Waals surface area contributed by atoms with E-state index < -0.39 is 0 Å². The van der Waals surface area contributed by atoms with Crippen molar-refractivity contribution in [2.75, 3.05) is 0 Å². The molecule has 0 aromatic heterocycles. The second-order valence-corrected chi connectivity index (χ2v) is 6.95. The Hall–Kier alpha value is -0.791. The van der Waals surface area contributed by atoms with Gasteiger partial charge in [0.05, 0.1) is 0 Å². The van der Waals surface area contributed by atoms with Crippen LogP contribution < -0.4 is 0 Å². The fourth-order valence-corrected chi connectivity index (χ4v) is 3.53. The molecule has 0 N–H and O–H groups in total. The average molecular weight is 365 g/mol. The number of benzene rings is 1. The number of aliphatic imine (C=N–C) groups is 1. The van der Waals surface area contributed by atoms with Gasteiger partial charge in [-0.25, -0.2) is 0 Å². The molecule has 1 aromatic carbocycles. The monoisotopic (exact) mass is 366 g/mol. The van der Waals surface area contributed by atoms with Gasteiger partial charge in [0.25, 0.3) is 0 Å². The van der Waals surface area contributed by atoms with Crippen molar-refractivity contribution in [1.29, 1.82) is 0 Å². The SMILES string of the molecule is [Se]C(=Nc1ccccc1)OC1CCCCCCCCCCC1. The second-order valence-electron chi connectivity index (χ2n) is 6.21. The Morgan fingerprint density at radius 3 is 1.86 bits per heavy atom. The van der Waals surface area contributed by atoms with Crippen LogP contribution in [0.15, 0.2) is 35.3 Å². The Morgan fingerprint density at radius 1 is 0.818 bits per heavy atom. The van der Waals surface area contributed by atoms with Crippen molar-refractivity contribution in [3.63, 3.8) is 0 Å². The third-order valence-electron chi connectivity index (χ3n) is 4.30. The van der Waals surface area contributed by atoms with E-state index >= 15 is 0 Å². The van der Waals surface area contributed by atoms with Crippen LogP contribution in [0.1, 0.15) is 70.6 Å². The molecule has 3 heteroatoms. The summed E-state index contributed by atoms with van der Waals surface area (Å²) in [5.41, 5.74) is 0.949. The van der Waals surface area contributed by atoms with Gasteiger partial charge >= 0.3 is 143 Å². The fraction of sp³-hybridized carbons (Fsp3) is 0.632. The molecular weight excluding hydrogens is 337 g/mol. The molecule has 0 spiro atoms. The van der Waals surface area contributed by atoms with Gasteiger partial charge in [0.2, 0.25) is 0 Å². The van der Waals surface area contributed by atoms with Crippen LogP contribution in [0.4, 0.5) is 5.69 Å². The summed E-state index contributed by atoms with van der Waals surface area (Å²) in [5.74, 6) is 0. The number of rotatable bonds is 2. The van der Waals surface area contributed by atoms with Crippen LogP contribution in [0.3, 0.4) is 0 Å². The van der Waals surface area contributed by atoms with Crippen LogP contribution in [0.2, 0.25) is 0 Å². The van der Waals surface area contributed by atoms with Crippen molar-refractivity contribution < 1.29 is 4.74 Å². The first kappa shape index (κ1) is 17.6. The molecule has 1 saturated carbocycles. The molecule has 0 atom stereocenters. The van der Waals surface area contributed by atoms with E-state index in [9.17, 15) is 0 Å². The Kier molecular flexibility index (Phi) is 8.67. The molecular formula is C19H28NOSe. The van der Waals surface area contributed by atoms with E-state index in [0.29, 0.717) is 10.9 Å². The number of para-hydroxylation sites is 1. The zero-order chi connectivity index (χ0) is 15.5. The third-order valence-corrected chi connectivity index (χ3v) is 4.69. The summed E-state index contributed by atoms with van der Waals surface area (Å²) in [6.07, 6.45) is 14.9. The van der Waals surface area contributed by atoms with E-state index in [2.05, 4.69) is 21.0 Å². The summed E-state index contributed by atoms with van der Waals surface area (Å²) in [7, 11) is 0. The van der Waals surface area contributed by atoms with Crippen molar-refractivity contribution in [2.24, 2.45) is 4.99 Å². The van der Waals surface area contributed by atoms with Gasteiger partial charge in [-0.3, -0.25) is 0 Å². The molecule has 22 heavy (non-hydrogen) atoms. The molecule has 0 bridgehead atoms. The van der Waals surface area contributed by atoms with Gasteiger partial charge in [-0.2, -0.15) is 0 Å². The Morgan fingerprint density at radius 2 is 1.32 bits per heavy atom. The van der Waals surface area contributed by atoms with Crippen molar-refractivity contribution >= 4 is 26.5 Å². The maximum atomic E-state index is 6.09. The molecule has 1 aromatic rings. The summed E-state index contributed by atoms with van der Waals surface area (Å²) < 4.78 is 6.09. The Labute approximate surface area is 143 Å². The van der Waals surface area contributed by atoms with Crippen LogP contribution in [-0.4, -0.2) is 26.9 Å². The topological polar surface area (TPSA) is 21.6 Å². The predicted molar refractivity (Wildman–Crippen MR) is 95.0 cm³/mol. The molecule has 0 saturated heterocycles. The molecule has 2 nitrogen and oxygen atoms in total. The zero-order valence-electron chi connectivity index (χ0n) is 13.5. The molecule has 1 aliphatic carbocycles. The number of hydrogen-bond donors (Lipinski definition) is 0. The minimum absolute atomic E-state index is 0.322. The van der Waals surface area contributed by atoms with Gasteiger partial charge in [0.1, 0.15) is 0 Å². The van der Waals surface area contributed by atoms with Gasteiger partial charge in [0, 0.05) is 0 Å². The van der Waals surface area contributed by atoms with E-state index in [1.165, 1.54) is 57.8 Å². The third kappa shape index (κ3) is 7.47. The molecule has 1 fully saturated rings. The molecule has 0 amide bonds. The number of ether oxygens (including phenoxy) is 1. The van der Waals surface area contributed by atoms with Crippen LogP contribution in [0, 0.1) is 0 Å². The Bertz CT molecular complexity index is 420.